The molecule has 0 atom stereocenters. The van der Waals surface area contributed by atoms with Gasteiger partial charge in [-0.1, -0.05) is 151 Å². The van der Waals surface area contributed by atoms with Crippen molar-refractivity contribution in [1.82, 2.24) is 0 Å². The van der Waals surface area contributed by atoms with Crippen molar-refractivity contribution >= 4 is 43.1 Å². The fourth-order valence-corrected chi connectivity index (χ4v) is 3.88. The van der Waals surface area contributed by atoms with E-state index in [1.807, 2.05) is 50.2 Å². The van der Waals surface area contributed by atoms with Crippen LogP contribution in [0.1, 0.15) is 54.4 Å². The molecule has 0 bridgehead atoms. The van der Waals surface area contributed by atoms with Crippen LogP contribution < -0.4 is 0 Å². The van der Waals surface area contributed by atoms with E-state index in [9.17, 15) is 5.11 Å². The second kappa shape index (κ2) is 14.6. The number of rotatable bonds is 0. The van der Waals surface area contributed by atoms with Crippen molar-refractivity contribution in [3.8, 4) is 5.75 Å². The second-order valence-electron chi connectivity index (χ2n) is 8.20. The van der Waals surface area contributed by atoms with Crippen LogP contribution in [0.15, 0.2) is 103 Å². The molecular formula is C34H40O. The van der Waals surface area contributed by atoms with Crippen LogP contribution in [0, 0.1) is 0 Å². The zero-order valence-electron chi connectivity index (χ0n) is 22.2. The van der Waals surface area contributed by atoms with Crippen LogP contribution in [0.4, 0.5) is 0 Å². The third-order valence-corrected chi connectivity index (χ3v) is 5.16. The Hall–Kier alpha value is -3.58. The fraction of sp³-hybridized carbons (Fsp3) is 0.235. The SMILES string of the molecule is CC.CCC.CCC.Oc1cccc2ccccc12.c1cc2ccc3cccc4ccc(c1)c2c34. The van der Waals surface area contributed by atoms with Crippen LogP contribution >= 0.6 is 0 Å². The van der Waals surface area contributed by atoms with Gasteiger partial charge in [-0.15, -0.1) is 0 Å². The topological polar surface area (TPSA) is 20.2 Å². The smallest absolute Gasteiger partial charge is 0.123 e. The minimum absolute atomic E-state index is 0.350. The Balaban J connectivity index is 0.000000199. The van der Waals surface area contributed by atoms with Crippen molar-refractivity contribution in [2.45, 2.75) is 54.4 Å². The summed E-state index contributed by atoms with van der Waals surface area (Å²) in [7, 11) is 0. The minimum Gasteiger partial charge on any atom is -0.507 e. The number of benzene rings is 6. The molecule has 0 saturated carbocycles. The van der Waals surface area contributed by atoms with E-state index in [0.717, 1.165) is 10.8 Å². The summed E-state index contributed by atoms with van der Waals surface area (Å²) in [6, 6.07) is 35.1. The minimum atomic E-state index is 0.350. The van der Waals surface area contributed by atoms with Gasteiger partial charge in [-0.05, 0) is 43.8 Å². The van der Waals surface area contributed by atoms with Gasteiger partial charge < -0.3 is 5.11 Å². The molecule has 0 radical (unpaired) electrons. The highest BCUT2D eigenvalue weighted by molar-refractivity contribution is 6.22. The Morgan fingerprint density at radius 1 is 0.429 bits per heavy atom. The molecule has 0 heterocycles. The lowest BCUT2D eigenvalue weighted by atomic mass is 9.95. The van der Waals surface area contributed by atoms with Crippen LogP contribution in [0.2, 0.25) is 0 Å². The molecule has 0 spiro atoms. The Morgan fingerprint density at radius 3 is 1.14 bits per heavy atom. The van der Waals surface area contributed by atoms with Crippen molar-refractivity contribution in [2.24, 2.45) is 0 Å². The van der Waals surface area contributed by atoms with Crippen LogP contribution in [-0.4, -0.2) is 5.11 Å². The molecule has 6 aromatic rings. The van der Waals surface area contributed by atoms with E-state index in [2.05, 4.69) is 88.4 Å². The van der Waals surface area contributed by atoms with Crippen molar-refractivity contribution in [3.05, 3.63) is 103 Å². The zero-order chi connectivity index (χ0) is 25.6. The van der Waals surface area contributed by atoms with Crippen LogP contribution in [-0.2, 0) is 0 Å². The molecule has 0 saturated heterocycles. The quantitative estimate of drug-likeness (QED) is 0.222. The summed E-state index contributed by atoms with van der Waals surface area (Å²) in [5, 5.41) is 19.5. The summed E-state index contributed by atoms with van der Waals surface area (Å²) < 4.78 is 0. The largest absolute Gasteiger partial charge is 0.507 e. The first-order valence-electron chi connectivity index (χ1n) is 12.9. The molecule has 0 aromatic heterocycles. The van der Waals surface area contributed by atoms with Gasteiger partial charge in [-0.2, -0.15) is 0 Å². The maximum absolute atomic E-state index is 9.37. The highest BCUT2D eigenvalue weighted by Crippen LogP contribution is 2.33. The van der Waals surface area contributed by atoms with Gasteiger partial charge in [-0.25, -0.2) is 0 Å². The molecule has 0 amide bonds. The average molecular weight is 465 g/mol. The van der Waals surface area contributed by atoms with Gasteiger partial charge in [0.15, 0.2) is 0 Å². The average Bonchev–Trinajstić information content (AvgIpc) is 2.90. The zero-order valence-corrected chi connectivity index (χ0v) is 22.2. The van der Waals surface area contributed by atoms with E-state index in [1.54, 1.807) is 6.07 Å². The van der Waals surface area contributed by atoms with Crippen molar-refractivity contribution in [3.63, 3.8) is 0 Å². The molecule has 6 rings (SSSR count). The first-order valence-corrected chi connectivity index (χ1v) is 12.9. The number of fused-ring (bicyclic) bond motifs is 1. The molecule has 182 valence electrons. The molecule has 0 aliphatic rings. The molecule has 0 fully saturated rings. The molecule has 0 aliphatic heterocycles. The van der Waals surface area contributed by atoms with Crippen LogP contribution in [0.25, 0.3) is 43.1 Å². The fourth-order valence-electron chi connectivity index (χ4n) is 3.88. The number of hydrogen-bond donors (Lipinski definition) is 1. The van der Waals surface area contributed by atoms with Crippen LogP contribution in [0.3, 0.4) is 0 Å². The van der Waals surface area contributed by atoms with E-state index in [0.29, 0.717) is 5.75 Å². The number of hydrogen-bond acceptors (Lipinski definition) is 1. The van der Waals surface area contributed by atoms with Crippen molar-refractivity contribution < 1.29 is 5.11 Å². The lowest BCUT2D eigenvalue weighted by Gasteiger charge is -2.09. The molecule has 1 nitrogen and oxygen atoms in total. The second-order valence-corrected chi connectivity index (χ2v) is 8.20. The van der Waals surface area contributed by atoms with E-state index >= 15 is 0 Å². The predicted molar refractivity (Wildman–Crippen MR) is 159 cm³/mol. The Labute approximate surface area is 211 Å². The van der Waals surface area contributed by atoms with Gasteiger partial charge in [0.2, 0.25) is 0 Å². The summed E-state index contributed by atoms with van der Waals surface area (Å²) in [5.74, 6) is 0.350. The summed E-state index contributed by atoms with van der Waals surface area (Å²) in [6.07, 6.45) is 2.50. The number of phenolic OH excluding ortho intramolecular Hbond substituents is 1. The predicted octanol–water partition coefficient (Wildman–Crippen LogP) is 11.0. The summed E-state index contributed by atoms with van der Waals surface area (Å²) in [6.45, 7) is 12.5. The first kappa shape index (κ1) is 27.7. The van der Waals surface area contributed by atoms with Gasteiger partial charge >= 0.3 is 0 Å². The first-order chi connectivity index (χ1) is 17.1. The highest BCUT2D eigenvalue weighted by Gasteiger charge is 2.06. The van der Waals surface area contributed by atoms with Gasteiger partial charge in [0.1, 0.15) is 5.75 Å². The Morgan fingerprint density at radius 2 is 0.743 bits per heavy atom. The molecular weight excluding hydrogens is 424 g/mol. The standard InChI is InChI=1S/C16H10.C10H8O.2C3H8.C2H6/c1-3-11-7-9-13-5-2-6-14-10-8-12(4-1)15(11)16(13)14;11-10-7-3-5-8-4-1-2-6-9(8)10;2*1-3-2;1-2/h1-10H;1-7,11H;2*3H2,1-2H3;1-2H3. The summed E-state index contributed by atoms with van der Waals surface area (Å²) in [4.78, 5) is 0. The Kier molecular flexibility index (Phi) is 11.6. The van der Waals surface area contributed by atoms with Gasteiger partial charge in [-0.3, -0.25) is 0 Å². The molecule has 0 unspecified atom stereocenters. The summed E-state index contributed by atoms with van der Waals surface area (Å²) in [5.41, 5.74) is 0. The van der Waals surface area contributed by atoms with E-state index in [-0.39, 0.29) is 0 Å². The normalized spacial score (nSPS) is 9.77. The van der Waals surface area contributed by atoms with E-state index in [1.165, 1.54) is 45.2 Å². The third kappa shape index (κ3) is 6.96. The molecule has 35 heavy (non-hydrogen) atoms. The number of aromatic hydroxyl groups is 1. The summed E-state index contributed by atoms with van der Waals surface area (Å²) >= 11 is 0. The van der Waals surface area contributed by atoms with Gasteiger partial charge in [0, 0.05) is 5.39 Å². The maximum Gasteiger partial charge on any atom is 0.123 e. The molecule has 6 aromatic carbocycles. The van der Waals surface area contributed by atoms with Crippen LogP contribution in [0.5, 0.6) is 5.75 Å². The Bertz CT molecular complexity index is 1280. The lowest BCUT2D eigenvalue weighted by Crippen LogP contribution is -1.82. The number of phenols is 1. The van der Waals surface area contributed by atoms with Gasteiger partial charge in [0.05, 0.1) is 0 Å². The van der Waals surface area contributed by atoms with E-state index in [4.69, 9.17) is 0 Å². The molecule has 1 heteroatoms. The van der Waals surface area contributed by atoms with Crippen molar-refractivity contribution in [2.75, 3.05) is 0 Å². The highest BCUT2D eigenvalue weighted by atomic mass is 16.3. The maximum atomic E-state index is 9.37. The van der Waals surface area contributed by atoms with Crippen molar-refractivity contribution in [1.29, 1.82) is 0 Å². The van der Waals surface area contributed by atoms with Gasteiger partial charge in [0.25, 0.3) is 0 Å². The molecule has 0 aliphatic carbocycles. The monoisotopic (exact) mass is 464 g/mol. The molecule has 1 N–H and O–H groups in total. The third-order valence-electron chi connectivity index (χ3n) is 5.16. The lowest BCUT2D eigenvalue weighted by molar-refractivity contribution is 0.481. The van der Waals surface area contributed by atoms with E-state index < -0.39 is 0 Å².